The molecule has 0 radical (unpaired) electrons. The normalized spacial score (nSPS) is 28.3. The van der Waals surface area contributed by atoms with Crippen LogP contribution >= 0.6 is 23.2 Å². The van der Waals surface area contributed by atoms with Crippen LogP contribution in [0.5, 0.6) is 46.0 Å². The Bertz CT molecular complexity index is 4210. The number of carboxylic acid groups (broad SMARTS) is 1. The number of primary amides is 1. The minimum absolute atomic E-state index is 0.0870. The Kier molecular flexibility index (Phi) is 26.0. The van der Waals surface area contributed by atoms with E-state index in [1.54, 1.807) is 13.8 Å². The average Bonchev–Trinajstić information content (AvgIpc) is 0.768. The van der Waals surface area contributed by atoms with E-state index in [-0.39, 0.29) is 52.0 Å². The molecule has 11 bridgehead atoms. The maximum absolute atomic E-state index is 16.2. The molecule has 108 heavy (non-hydrogen) atoms. The monoisotopic (exact) mass is 1550 g/mol. The maximum Gasteiger partial charge on any atom is 0.330 e. The molecule has 0 aliphatic carbocycles. The third-order valence-corrected chi connectivity index (χ3v) is 20.0. The summed E-state index contributed by atoms with van der Waals surface area (Å²) in [6.07, 6.45) is -15.1. The smallest absolute Gasteiger partial charge is 0.330 e. The highest BCUT2D eigenvalue weighted by molar-refractivity contribution is 6.32. The van der Waals surface area contributed by atoms with E-state index in [0.29, 0.717) is 19.5 Å². The Morgan fingerprint density at radius 3 is 1.92 bits per heavy atom. The Morgan fingerprint density at radius 2 is 1.31 bits per heavy atom. The van der Waals surface area contributed by atoms with E-state index in [2.05, 4.69) is 42.5 Å². The molecule has 12 rings (SSSR count). The largest absolute Gasteiger partial charge is 0.508 e. The van der Waals surface area contributed by atoms with E-state index in [9.17, 15) is 70.2 Å². The van der Waals surface area contributed by atoms with Crippen LogP contribution in [0.15, 0.2) is 78.9 Å². The van der Waals surface area contributed by atoms with Crippen molar-refractivity contribution in [1.82, 2.24) is 42.5 Å². The van der Waals surface area contributed by atoms with Crippen molar-refractivity contribution in [3.05, 3.63) is 117 Å². The lowest BCUT2D eigenvalue weighted by molar-refractivity contribution is -0.334. The highest BCUT2D eigenvalue weighted by Gasteiger charge is 2.52. The lowest BCUT2D eigenvalue weighted by atomic mass is 9.85. The number of aromatic hydroxyl groups is 3. The molecule has 2 fully saturated rings. The molecule has 5 aromatic rings. The second-order valence-electron chi connectivity index (χ2n) is 27.9. The Hall–Kier alpha value is -9.20. The van der Waals surface area contributed by atoms with Gasteiger partial charge in [-0.15, -0.1) is 0 Å². The number of carbonyl (C=O) groups excluding carboxylic acids is 7. The molecule has 33 nitrogen and oxygen atoms in total. The number of benzene rings is 5. The number of rotatable bonds is 20. The van der Waals surface area contributed by atoms with Crippen molar-refractivity contribution in [2.24, 2.45) is 11.7 Å². The number of halogens is 2. The summed E-state index contributed by atoms with van der Waals surface area (Å²) in [5.74, 6) is -15.8. The van der Waals surface area contributed by atoms with Crippen molar-refractivity contribution in [3.63, 3.8) is 0 Å². The molecule has 20 N–H and O–H groups in total. The van der Waals surface area contributed by atoms with Crippen LogP contribution in [-0.2, 0) is 52.6 Å². The third kappa shape index (κ3) is 18.1. The van der Waals surface area contributed by atoms with E-state index < -0.39 is 231 Å². The van der Waals surface area contributed by atoms with Crippen LogP contribution in [0.1, 0.15) is 145 Å². The summed E-state index contributed by atoms with van der Waals surface area (Å²) in [6, 6.07) is -0.395. The molecule has 7 aliphatic heterocycles. The van der Waals surface area contributed by atoms with Crippen molar-refractivity contribution >= 4 is 70.5 Å². The Morgan fingerprint density at radius 1 is 0.694 bits per heavy atom. The molecule has 5 aromatic carbocycles. The van der Waals surface area contributed by atoms with Gasteiger partial charge in [-0.3, -0.25) is 33.6 Å². The fraction of sp³-hybridized carbons (Fsp3) is 0.479. The lowest BCUT2D eigenvalue weighted by Crippen LogP contribution is -2.65. The summed E-state index contributed by atoms with van der Waals surface area (Å²) in [5.41, 5.74) is 1.93. The molecule has 584 valence electrons. The zero-order valence-corrected chi connectivity index (χ0v) is 61.0. The number of amides is 7. The van der Waals surface area contributed by atoms with Gasteiger partial charge < -0.3 is 128 Å². The molecule has 7 aliphatic rings. The summed E-state index contributed by atoms with van der Waals surface area (Å²) < 4.78 is 39.1. The number of aliphatic hydroxyl groups is 6. The lowest BCUT2D eigenvalue weighted by Gasteiger charge is -2.48. The Balaban J connectivity index is 1.23. The number of unbranched alkanes of at least 4 members (excludes halogenated alkanes) is 2. The van der Waals surface area contributed by atoms with Crippen molar-refractivity contribution in [1.29, 1.82) is 0 Å². The predicted octanol–water partition coefficient (Wildman–Crippen LogP) is 2.71. The molecule has 18 atom stereocenters. The van der Waals surface area contributed by atoms with E-state index in [4.69, 9.17) is 57.4 Å². The van der Waals surface area contributed by atoms with Gasteiger partial charge in [-0.2, -0.15) is 0 Å². The maximum atomic E-state index is 16.2. The number of phenols is 3. The average molecular weight is 1550 g/mol. The van der Waals surface area contributed by atoms with Crippen LogP contribution in [0, 0.1) is 5.92 Å². The van der Waals surface area contributed by atoms with Crippen molar-refractivity contribution in [2.45, 2.75) is 196 Å². The third-order valence-electron chi connectivity index (χ3n) is 19.4. The first-order valence-corrected chi connectivity index (χ1v) is 36.0. The van der Waals surface area contributed by atoms with Crippen molar-refractivity contribution < 1.29 is 118 Å². The van der Waals surface area contributed by atoms with Gasteiger partial charge in [0.1, 0.15) is 89.5 Å². The van der Waals surface area contributed by atoms with E-state index in [1.807, 2.05) is 27.7 Å². The number of aliphatic carboxylic acids is 1. The quantitative estimate of drug-likeness (QED) is 0.0498. The number of phenolic OH excluding ortho intramolecular Hbond substituents is 3. The minimum Gasteiger partial charge on any atom is -0.508 e. The zero-order valence-electron chi connectivity index (χ0n) is 59.5. The topological polar surface area (TPSA) is 517 Å². The molecule has 0 aromatic heterocycles. The molecule has 35 heteroatoms. The van der Waals surface area contributed by atoms with E-state index >= 15 is 19.2 Å². The molecule has 0 saturated carbocycles. The molecular formula is C73H89Cl2N9O24. The number of nitrogens with one attached hydrogen (secondary N) is 8. The molecule has 7 heterocycles. The van der Waals surface area contributed by atoms with E-state index in [1.165, 1.54) is 12.1 Å². The number of fused-ring (bicyclic) bond motifs is 15. The molecule has 7 amide bonds. The van der Waals surface area contributed by atoms with Crippen LogP contribution < -0.4 is 62.5 Å². The second-order valence-corrected chi connectivity index (χ2v) is 28.7. The highest BCUT2D eigenvalue weighted by Crippen LogP contribution is 2.50. The molecule has 0 unspecified atom stereocenters. The second kappa shape index (κ2) is 34.6. The van der Waals surface area contributed by atoms with Gasteiger partial charge in [0.2, 0.25) is 53.4 Å². The number of carboxylic acids is 1. The van der Waals surface area contributed by atoms with Gasteiger partial charge in [0.15, 0.2) is 29.9 Å². The van der Waals surface area contributed by atoms with Gasteiger partial charge in [0.05, 0.1) is 41.3 Å². The van der Waals surface area contributed by atoms with Crippen molar-refractivity contribution in [3.8, 4) is 57.1 Å². The van der Waals surface area contributed by atoms with Gasteiger partial charge in [0, 0.05) is 34.7 Å². The number of ether oxygens (including phenoxy) is 6. The first-order chi connectivity index (χ1) is 51.2. The summed E-state index contributed by atoms with van der Waals surface area (Å²) >= 11 is 14.3. The summed E-state index contributed by atoms with van der Waals surface area (Å²) in [4.78, 5) is 118. The Labute approximate surface area is 629 Å². The van der Waals surface area contributed by atoms with Crippen LogP contribution in [-0.4, -0.2) is 197 Å². The predicted molar refractivity (Wildman–Crippen MR) is 382 cm³/mol. The summed E-state index contributed by atoms with van der Waals surface area (Å²) in [5, 5.41) is 136. The summed E-state index contributed by atoms with van der Waals surface area (Å²) in [6.45, 7) is 10.8. The molecular weight excluding hydrogens is 1460 g/mol. The highest BCUT2D eigenvalue weighted by atomic mass is 35.5. The number of carbonyl (C=O) groups is 8. The zero-order chi connectivity index (χ0) is 78.5. The van der Waals surface area contributed by atoms with Gasteiger partial charge in [0.25, 0.3) is 0 Å². The van der Waals surface area contributed by atoms with Gasteiger partial charge in [-0.1, -0.05) is 81.9 Å². The SMILES string of the molecule is CCCCN[C@H](CC(C)C)C(=O)N[C@H]1C(=O)N[C@@H](CC(N)=O)C(=O)N[C@H]2C(=O)N[C@H]3C(=O)N[C@H](C(=O)N[C@H](C(=O)O)c4cc(O)cc(O)c4-c4cc3ccc4O)[C@H](O)c3ccc(c(Cl)c3)Oc3cc2cc(c3O[C@@H]2O[C@H](CO)[C@@H](O)[C@H](O)[C@H]2O[C@H]2C[C@](C)(NCCCC)[C@H](O)[C@H](C)O2)Oc2ccc(cc2Cl)[C@H]1O. The van der Waals surface area contributed by atoms with Gasteiger partial charge in [-0.05, 0) is 129 Å². The standard InChI is InChI=1S/C73H89Cl2N9O24/c1-7-9-17-77-41(19-30(3)4)65(95)83-56-58(90)33-12-15-45(39(74)21-33)104-47-23-35-24-48(62(47)108-72-63(61(93)60(92)49(29-85)106-72)107-51-28-73(6,78-18-10-8-2)64(94)31(5)103-51)105-46-16-13-34(22-40(46)75)59(91)57-70(100)82-55(71(101)102)38-25-36(86)26-44(88)52(38)37-20-32(11-14-43(37)87)53(67(97)84-57)81-68(98)54(35)80-66(96)42(27-50(76)89)79-69(56)99/h11-16,20-26,30-31,41-42,49,51,53-61,63-64,72,77-78,85-88,90-94H,7-10,17-19,27-29H2,1-6H3,(H2,76,89)(H,79,99)(H,80,96)(H,81,98)(H,82,100)(H,83,95)(H,84,97)(H,101,102)/t31-,41+,42-,49+,51-,53+,54+,55-,56+,57-,58+,59+,60+,61-,63+,64+,72-,73-/m0/s1. The first-order valence-electron chi connectivity index (χ1n) is 35.2. The fourth-order valence-corrected chi connectivity index (χ4v) is 14.0. The van der Waals surface area contributed by atoms with Gasteiger partial charge in [-0.25, -0.2) is 4.79 Å². The fourth-order valence-electron chi connectivity index (χ4n) is 13.6. The van der Waals surface area contributed by atoms with Crippen LogP contribution in [0.2, 0.25) is 10.0 Å². The van der Waals surface area contributed by atoms with Crippen LogP contribution in [0.25, 0.3) is 11.1 Å². The van der Waals surface area contributed by atoms with Crippen molar-refractivity contribution in [2.75, 3.05) is 19.7 Å². The number of hydrogen-bond acceptors (Lipinski definition) is 25. The van der Waals surface area contributed by atoms with E-state index in [0.717, 1.165) is 86.0 Å². The number of nitrogens with two attached hydrogens (primary N) is 1. The van der Waals surface area contributed by atoms with Crippen LogP contribution in [0.3, 0.4) is 0 Å². The van der Waals surface area contributed by atoms with Gasteiger partial charge >= 0.3 is 5.97 Å². The number of aliphatic hydroxyl groups excluding tert-OH is 6. The summed E-state index contributed by atoms with van der Waals surface area (Å²) in [7, 11) is 0. The van der Waals surface area contributed by atoms with Crippen LogP contribution in [0.4, 0.5) is 0 Å². The number of hydrogen-bond donors (Lipinski definition) is 19. The first kappa shape index (κ1) is 81.3. The molecule has 2 saturated heterocycles. The molecule has 0 spiro atoms. The minimum atomic E-state index is -2.34.